The van der Waals surface area contributed by atoms with E-state index in [1.54, 1.807) is 12.4 Å². The summed E-state index contributed by atoms with van der Waals surface area (Å²) in [5.41, 5.74) is 1.07. The lowest BCUT2D eigenvalue weighted by atomic mass is 10.1. The smallest absolute Gasteiger partial charge is 0.293 e. The number of halogens is 2. The van der Waals surface area contributed by atoms with Gasteiger partial charge in [0.25, 0.3) is 5.69 Å². The molecule has 0 radical (unpaired) electrons. The zero-order chi connectivity index (χ0) is 14.0. The second kappa shape index (κ2) is 5.46. The van der Waals surface area contributed by atoms with Crippen molar-refractivity contribution in [2.45, 2.75) is 13.0 Å². The van der Waals surface area contributed by atoms with Crippen LogP contribution in [-0.2, 0) is 0 Å². The van der Waals surface area contributed by atoms with Crippen LogP contribution in [0.2, 0.25) is 10.0 Å². The average Bonchev–Trinajstić information content (AvgIpc) is 2.86. The van der Waals surface area contributed by atoms with Crippen LogP contribution in [0.4, 0.5) is 11.4 Å². The summed E-state index contributed by atoms with van der Waals surface area (Å²) in [5, 5.41) is 20.9. The van der Waals surface area contributed by atoms with E-state index in [4.69, 9.17) is 23.2 Å². The number of nitrogens with zero attached hydrogens (tertiary/aromatic N) is 2. The summed E-state index contributed by atoms with van der Waals surface area (Å²) >= 11 is 11.7. The molecule has 0 bridgehead atoms. The number of nitro groups is 1. The fourth-order valence-electron chi connectivity index (χ4n) is 1.62. The van der Waals surface area contributed by atoms with Crippen molar-refractivity contribution in [3.63, 3.8) is 0 Å². The minimum Gasteiger partial charge on any atom is -0.373 e. The maximum Gasteiger partial charge on any atom is 0.293 e. The second-order valence-electron chi connectivity index (χ2n) is 3.94. The van der Waals surface area contributed by atoms with E-state index in [1.165, 1.54) is 12.1 Å². The highest BCUT2D eigenvalue weighted by molar-refractivity contribution is 6.42. The summed E-state index contributed by atoms with van der Waals surface area (Å²) in [4.78, 5) is 10.5. The first-order chi connectivity index (χ1) is 8.99. The third-order valence-electron chi connectivity index (χ3n) is 2.63. The van der Waals surface area contributed by atoms with E-state index >= 15 is 0 Å². The summed E-state index contributed by atoms with van der Waals surface area (Å²) in [6.45, 7) is 1.86. The minimum absolute atomic E-state index is 0.121. The Morgan fingerprint density at radius 2 is 2.11 bits per heavy atom. The minimum atomic E-state index is -0.507. The molecule has 0 aliphatic rings. The molecular formula is C11H10Cl2N4O2. The van der Waals surface area contributed by atoms with Crippen LogP contribution in [0.25, 0.3) is 0 Å². The van der Waals surface area contributed by atoms with Gasteiger partial charge in [0.1, 0.15) is 5.69 Å². The zero-order valence-electron chi connectivity index (χ0n) is 9.85. The summed E-state index contributed by atoms with van der Waals surface area (Å²) in [6, 6.07) is 2.52. The number of nitro benzene ring substituents is 1. The van der Waals surface area contributed by atoms with E-state index in [0.717, 1.165) is 5.56 Å². The molecule has 2 rings (SSSR count). The Morgan fingerprint density at radius 1 is 1.42 bits per heavy atom. The molecule has 1 aromatic heterocycles. The molecule has 0 spiro atoms. The van der Waals surface area contributed by atoms with Crippen LogP contribution < -0.4 is 5.32 Å². The molecule has 1 aromatic carbocycles. The van der Waals surface area contributed by atoms with Crippen molar-refractivity contribution in [2.75, 3.05) is 5.32 Å². The largest absolute Gasteiger partial charge is 0.373 e. The normalized spacial score (nSPS) is 12.2. The average molecular weight is 301 g/mol. The van der Waals surface area contributed by atoms with Gasteiger partial charge in [0, 0.05) is 17.8 Å². The molecular weight excluding hydrogens is 291 g/mol. The SMILES string of the molecule is CC(Nc1cc(Cl)c(Cl)cc1[N+](=O)[O-])c1cn[nH]c1. The Hall–Kier alpha value is -1.79. The number of nitrogens with one attached hydrogen (secondary N) is 2. The van der Waals surface area contributed by atoms with Crippen molar-refractivity contribution < 1.29 is 4.92 Å². The van der Waals surface area contributed by atoms with Crippen molar-refractivity contribution in [1.29, 1.82) is 0 Å². The van der Waals surface area contributed by atoms with Crippen LogP contribution in [0, 0.1) is 10.1 Å². The van der Waals surface area contributed by atoms with Gasteiger partial charge in [-0.15, -0.1) is 0 Å². The number of benzene rings is 1. The van der Waals surface area contributed by atoms with Gasteiger partial charge in [-0.3, -0.25) is 15.2 Å². The molecule has 0 fully saturated rings. The second-order valence-corrected chi connectivity index (χ2v) is 4.75. The maximum atomic E-state index is 11.0. The number of hydrogen-bond donors (Lipinski definition) is 2. The Kier molecular flexibility index (Phi) is 3.92. The lowest BCUT2D eigenvalue weighted by molar-refractivity contribution is -0.384. The Morgan fingerprint density at radius 3 is 2.68 bits per heavy atom. The van der Waals surface area contributed by atoms with E-state index in [1.807, 2.05) is 6.92 Å². The molecule has 0 amide bonds. The summed E-state index contributed by atoms with van der Waals surface area (Å²) < 4.78 is 0. The van der Waals surface area contributed by atoms with Gasteiger partial charge in [-0.2, -0.15) is 5.10 Å². The third-order valence-corrected chi connectivity index (χ3v) is 3.35. The number of rotatable bonds is 4. The van der Waals surface area contributed by atoms with Crippen molar-refractivity contribution in [3.8, 4) is 0 Å². The maximum absolute atomic E-state index is 11.0. The predicted octanol–water partition coefficient (Wildman–Crippen LogP) is 3.80. The molecule has 1 unspecified atom stereocenters. The Balaban J connectivity index is 2.33. The van der Waals surface area contributed by atoms with Gasteiger partial charge in [0.15, 0.2) is 0 Å². The highest BCUT2D eigenvalue weighted by atomic mass is 35.5. The fourth-order valence-corrected chi connectivity index (χ4v) is 1.94. The first-order valence-electron chi connectivity index (χ1n) is 5.37. The molecule has 0 saturated heterocycles. The van der Waals surface area contributed by atoms with Gasteiger partial charge in [-0.05, 0) is 13.0 Å². The molecule has 8 heteroatoms. The van der Waals surface area contributed by atoms with Gasteiger partial charge in [-0.1, -0.05) is 23.2 Å². The van der Waals surface area contributed by atoms with Gasteiger partial charge in [0.05, 0.1) is 27.2 Å². The van der Waals surface area contributed by atoms with Gasteiger partial charge in [0.2, 0.25) is 0 Å². The summed E-state index contributed by atoms with van der Waals surface area (Å²) in [5.74, 6) is 0. The van der Waals surface area contributed by atoms with Gasteiger partial charge < -0.3 is 5.32 Å². The quantitative estimate of drug-likeness (QED) is 0.664. The molecule has 6 nitrogen and oxygen atoms in total. The summed E-state index contributed by atoms with van der Waals surface area (Å²) in [6.07, 6.45) is 3.35. The van der Waals surface area contributed by atoms with Crippen LogP contribution in [0.1, 0.15) is 18.5 Å². The monoisotopic (exact) mass is 300 g/mol. The standard InChI is InChI=1S/C11H10Cl2N4O2/c1-6(7-4-14-15-5-7)16-10-2-8(12)9(13)3-11(10)17(18)19/h2-6,16H,1H3,(H,14,15). The number of anilines is 1. The van der Waals surface area contributed by atoms with Crippen LogP contribution in [-0.4, -0.2) is 15.1 Å². The lowest BCUT2D eigenvalue weighted by Gasteiger charge is -2.14. The van der Waals surface area contributed by atoms with E-state index in [0.29, 0.717) is 5.69 Å². The highest BCUT2D eigenvalue weighted by Crippen LogP contribution is 2.35. The van der Waals surface area contributed by atoms with Gasteiger partial charge in [-0.25, -0.2) is 0 Å². The number of hydrogen-bond acceptors (Lipinski definition) is 4. The van der Waals surface area contributed by atoms with Crippen LogP contribution in [0.5, 0.6) is 0 Å². The van der Waals surface area contributed by atoms with Crippen LogP contribution in [0.15, 0.2) is 24.5 Å². The van der Waals surface area contributed by atoms with Crippen LogP contribution in [0.3, 0.4) is 0 Å². The highest BCUT2D eigenvalue weighted by Gasteiger charge is 2.19. The van der Waals surface area contributed by atoms with Crippen LogP contribution >= 0.6 is 23.2 Å². The lowest BCUT2D eigenvalue weighted by Crippen LogP contribution is -2.07. The molecule has 2 aromatic rings. The summed E-state index contributed by atoms with van der Waals surface area (Å²) in [7, 11) is 0. The van der Waals surface area contributed by atoms with Gasteiger partial charge >= 0.3 is 0 Å². The molecule has 0 saturated carbocycles. The first-order valence-corrected chi connectivity index (χ1v) is 6.13. The molecule has 100 valence electrons. The molecule has 0 aliphatic carbocycles. The zero-order valence-corrected chi connectivity index (χ0v) is 11.4. The fraction of sp³-hybridized carbons (Fsp3) is 0.182. The molecule has 1 atom stereocenters. The van der Waals surface area contributed by atoms with Crippen molar-refractivity contribution >= 4 is 34.6 Å². The van der Waals surface area contributed by atoms with Crippen molar-refractivity contribution in [2.24, 2.45) is 0 Å². The Labute approximate surface area is 118 Å². The third kappa shape index (κ3) is 2.97. The molecule has 2 N–H and O–H groups in total. The van der Waals surface area contributed by atoms with E-state index < -0.39 is 4.92 Å². The van der Waals surface area contributed by atoms with E-state index in [-0.39, 0.29) is 21.8 Å². The van der Waals surface area contributed by atoms with Crippen molar-refractivity contribution in [3.05, 3.63) is 50.2 Å². The molecule has 1 heterocycles. The molecule has 0 aliphatic heterocycles. The first kappa shape index (κ1) is 13.6. The topological polar surface area (TPSA) is 83.8 Å². The van der Waals surface area contributed by atoms with E-state index in [9.17, 15) is 10.1 Å². The Bertz CT molecular complexity index is 601. The number of H-pyrrole nitrogens is 1. The van der Waals surface area contributed by atoms with E-state index in [2.05, 4.69) is 15.5 Å². The number of aromatic amines is 1. The van der Waals surface area contributed by atoms with Crippen molar-refractivity contribution in [1.82, 2.24) is 10.2 Å². The molecule has 19 heavy (non-hydrogen) atoms. The number of aromatic nitrogens is 2. The predicted molar refractivity (Wildman–Crippen MR) is 73.7 cm³/mol.